The third-order valence-electron chi connectivity index (χ3n) is 5.79. The third-order valence-corrected chi connectivity index (χ3v) is 5.79. The van der Waals surface area contributed by atoms with E-state index in [1.54, 1.807) is 0 Å². The minimum atomic E-state index is -0.569. The Morgan fingerprint density at radius 3 is 2.37 bits per heavy atom. The van der Waals surface area contributed by atoms with Crippen LogP contribution in [-0.4, -0.2) is 24.5 Å². The van der Waals surface area contributed by atoms with Crippen molar-refractivity contribution in [3.63, 3.8) is 0 Å². The molecule has 0 saturated carbocycles. The quantitative estimate of drug-likeness (QED) is 0.354. The van der Waals surface area contributed by atoms with Gasteiger partial charge in [-0.15, -0.1) is 0 Å². The van der Waals surface area contributed by atoms with Crippen LogP contribution >= 0.6 is 0 Å². The summed E-state index contributed by atoms with van der Waals surface area (Å²) in [7, 11) is 0. The smallest absolute Gasteiger partial charge is 0.340 e. The van der Waals surface area contributed by atoms with E-state index in [0.29, 0.717) is 5.56 Å². The normalized spacial score (nSPS) is 15.9. The first kappa shape index (κ1) is 24.8. The number of carbonyl (C=O) groups is 1. The van der Waals surface area contributed by atoms with E-state index in [1.165, 1.54) is 5.56 Å². The Bertz CT molecular complexity index is 1100. The zero-order valence-electron chi connectivity index (χ0n) is 20.9. The van der Waals surface area contributed by atoms with E-state index in [0.717, 1.165) is 61.4 Å². The van der Waals surface area contributed by atoms with Crippen LogP contribution in [0.5, 0.6) is 5.75 Å². The van der Waals surface area contributed by atoms with Gasteiger partial charge in [0.1, 0.15) is 11.4 Å². The van der Waals surface area contributed by atoms with Crippen LogP contribution in [0.15, 0.2) is 72.8 Å². The molecule has 0 aromatic heterocycles. The Balaban J connectivity index is 1.51. The van der Waals surface area contributed by atoms with Crippen molar-refractivity contribution in [1.29, 1.82) is 0 Å². The van der Waals surface area contributed by atoms with E-state index in [-0.39, 0.29) is 12.3 Å². The lowest BCUT2D eigenvalue weighted by Crippen LogP contribution is -2.25. The maximum atomic E-state index is 12.9. The Labute approximate surface area is 208 Å². The number of ether oxygens (including phenoxy) is 3. The minimum absolute atomic E-state index is 0.178. The molecule has 0 amide bonds. The number of nitrogens with one attached hydrogen (secondary N) is 1. The molecular weight excluding hydrogens is 438 g/mol. The molecule has 184 valence electrons. The van der Waals surface area contributed by atoms with Crippen molar-refractivity contribution in [3.05, 3.63) is 89.5 Å². The summed E-state index contributed by atoms with van der Waals surface area (Å²) in [6, 6.07) is 24.1. The number of rotatable bonds is 8. The fourth-order valence-electron chi connectivity index (χ4n) is 4.02. The molecule has 1 N–H and O–H groups in total. The summed E-state index contributed by atoms with van der Waals surface area (Å²) in [5.41, 5.74) is 3.98. The van der Waals surface area contributed by atoms with Crippen molar-refractivity contribution >= 4 is 17.3 Å². The van der Waals surface area contributed by atoms with E-state index in [4.69, 9.17) is 14.2 Å². The standard InChI is InChI=1S/C30H35NO4/c1-30(2,3)35-29(32)26-19-14-23(13-12-22-9-5-4-6-10-22)21-27(26)31-24-15-17-25(18-16-24)34-28-11-7-8-20-33-28/h4-6,9-10,14-19,21,28,31H,7-8,11-13,20H2,1-3H3. The SMILES string of the molecule is CC(C)(C)OC(=O)c1ccc(CCc2ccccc2)cc1Nc1ccc(OC2CCCCO2)cc1. The first-order chi connectivity index (χ1) is 16.9. The van der Waals surface area contributed by atoms with Crippen LogP contribution in [0.1, 0.15) is 61.5 Å². The van der Waals surface area contributed by atoms with Gasteiger partial charge in [-0.2, -0.15) is 0 Å². The molecule has 3 aromatic rings. The average Bonchev–Trinajstić information content (AvgIpc) is 2.84. The number of hydrogen-bond donors (Lipinski definition) is 1. The second-order valence-electron chi connectivity index (χ2n) is 9.93. The number of esters is 1. The van der Waals surface area contributed by atoms with E-state index in [9.17, 15) is 4.79 Å². The van der Waals surface area contributed by atoms with Crippen molar-refractivity contribution in [1.82, 2.24) is 0 Å². The fraction of sp³-hybridized carbons (Fsp3) is 0.367. The first-order valence-corrected chi connectivity index (χ1v) is 12.4. The lowest BCUT2D eigenvalue weighted by atomic mass is 10.0. The second kappa shape index (κ2) is 11.4. The van der Waals surface area contributed by atoms with Gasteiger partial charge in [-0.25, -0.2) is 4.79 Å². The molecule has 35 heavy (non-hydrogen) atoms. The summed E-state index contributed by atoms with van der Waals surface area (Å²) in [5, 5.41) is 3.42. The van der Waals surface area contributed by atoms with Gasteiger partial charge < -0.3 is 19.5 Å². The largest absolute Gasteiger partial charge is 0.465 e. The lowest BCUT2D eigenvalue weighted by molar-refractivity contribution is -0.105. The number of aryl methyl sites for hydroxylation is 2. The topological polar surface area (TPSA) is 56.8 Å². The van der Waals surface area contributed by atoms with Crippen LogP contribution in [0.2, 0.25) is 0 Å². The monoisotopic (exact) mass is 473 g/mol. The highest BCUT2D eigenvalue weighted by Crippen LogP contribution is 2.28. The summed E-state index contributed by atoms with van der Waals surface area (Å²) in [5.74, 6) is 0.426. The fourth-order valence-corrected chi connectivity index (χ4v) is 4.02. The predicted molar refractivity (Wildman–Crippen MR) is 139 cm³/mol. The summed E-state index contributed by atoms with van der Waals surface area (Å²) >= 11 is 0. The van der Waals surface area contributed by atoms with Crippen LogP contribution in [0, 0.1) is 0 Å². The Hall–Kier alpha value is -3.31. The van der Waals surface area contributed by atoms with Gasteiger partial charge in [-0.1, -0.05) is 36.4 Å². The molecule has 1 aliphatic heterocycles. The van der Waals surface area contributed by atoms with E-state index in [1.807, 2.05) is 69.3 Å². The van der Waals surface area contributed by atoms with Gasteiger partial charge in [0.25, 0.3) is 0 Å². The average molecular weight is 474 g/mol. The molecule has 0 radical (unpaired) electrons. The Kier molecular flexibility index (Phi) is 8.09. The van der Waals surface area contributed by atoms with E-state index < -0.39 is 5.60 Å². The molecule has 4 rings (SSSR count). The lowest BCUT2D eigenvalue weighted by Gasteiger charge is -2.23. The summed E-state index contributed by atoms with van der Waals surface area (Å²) in [4.78, 5) is 12.9. The highest BCUT2D eigenvalue weighted by atomic mass is 16.7. The van der Waals surface area contributed by atoms with E-state index in [2.05, 4.69) is 29.6 Å². The molecule has 1 fully saturated rings. The highest BCUT2D eigenvalue weighted by Gasteiger charge is 2.21. The minimum Gasteiger partial charge on any atom is -0.465 e. The highest BCUT2D eigenvalue weighted by molar-refractivity contribution is 5.97. The molecule has 1 unspecified atom stereocenters. The van der Waals surface area contributed by atoms with Gasteiger partial charge >= 0.3 is 5.97 Å². The van der Waals surface area contributed by atoms with Crippen molar-refractivity contribution < 1.29 is 19.0 Å². The molecule has 1 saturated heterocycles. The van der Waals surface area contributed by atoms with E-state index >= 15 is 0 Å². The number of hydrogen-bond acceptors (Lipinski definition) is 5. The van der Waals surface area contributed by atoms with Crippen molar-refractivity contribution in [3.8, 4) is 5.75 Å². The predicted octanol–water partition coefficient (Wildman–Crippen LogP) is 7.08. The summed E-state index contributed by atoms with van der Waals surface area (Å²) in [6.45, 7) is 6.38. The van der Waals surface area contributed by atoms with Crippen LogP contribution in [-0.2, 0) is 22.3 Å². The number of anilines is 2. The number of carbonyl (C=O) groups excluding carboxylic acids is 1. The van der Waals surface area contributed by atoms with Crippen molar-refractivity contribution in [2.45, 2.75) is 64.8 Å². The Morgan fingerprint density at radius 1 is 0.943 bits per heavy atom. The van der Waals surface area contributed by atoms with Gasteiger partial charge in [0, 0.05) is 12.1 Å². The molecule has 5 heteroatoms. The first-order valence-electron chi connectivity index (χ1n) is 12.4. The third kappa shape index (κ3) is 7.59. The van der Waals surface area contributed by atoms with Gasteiger partial charge in [0.05, 0.1) is 17.9 Å². The van der Waals surface area contributed by atoms with Crippen molar-refractivity contribution in [2.75, 3.05) is 11.9 Å². The molecule has 3 aromatic carbocycles. The maximum Gasteiger partial charge on any atom is 0.340 e. The van der Waals surface area contributed by atoms with Gasteiger partial charge in [0.15, 0.2) is 6.29 Å². The van der Waals surface area contributed by atoms with Crippen LogP contribution < -0.4 is 10.1 Å². The molecule has 5 nitrogen and oxygen atoms in total. The second-order valence-corrected chi connectivity index (χ2v) is 9.93. The van der Waals surface area contributed by atoms with Crippen molar-refractivity contribution in [2.24, 2.45) is 0 Å². The number of benzene rings is 3. The summed E-state index contributed by atoms with van der Waals surface area (Å²) in [6.07, 6.45) is 4.76. The Morgan fingerprint density at radius 2 is 1.69 bits per heavy atom. The van der Waals surface area contributed by atoms with Crippen LogP contribution in [0.4, 0.5) is 11.4 Å². The zero-order chi connectivity index (χ0) is 24.7. The molecule has 0 aliphatic carbocycles. The zero-order valence-corrected chi connectivity index (χ0v) is 20.9. The molecular formula is C30H35NO4. The molecule has 1 aliphatic rings. The van der Waals surface area contributed by atoms with Crippen LogP contribution in [0.25, 0.3) is 0 Å². The molecule has 0 bridgehead atoms. The van der Waals surface area contributed by atoms with Gasteiger partial charge in [0.2, 0.25) is 0 Å². The summed E-state index contributed by atoms with van der Waals surface area (Å²) < 4.78 is 17.3. The van der Waals surface area contributed by atoms with Gasteiger partial charge in [-0.05, 0) is 94.0 Å². The molecule has 1 heterocycles. The van der Waals surface area contributed by atoms with Gasteiger partial charge in [-0.3, -0.25) is 0 Å². The maximum absolute atomic E-state index is 12.9. The molecule has 0 spiro atoms. The van der Waals surface area contributed by atoms with Crippen LogP contribution in [0.3, 0.4) is 0 Å². The molecule has 1 atom stereocenters.